The van der Waals surface area contributed by atoms with E-state index in [0.29, 0.717) is 23.0 Å². The summed E-state index contributed by atoms with van der Waals surface area (Å²) in [7, 11) is 0. The molecule has 0 radical (unpaired) electrons. The Balaban J connectivity index is 1.13. The number of nitrogens with zero attached hydrogens (tertiary/aromatic N) is 4. The molecule has 260 valence electrons. The second-order valence-electron chi connectivity index (χ2n) is 14.2. The van der Waals surface area contributed by atoms with Crippen molar-refractivity contribution in [2.45, 2.75) is 5.41 Å². The van der Waals surface area contributed by atoms with Gasteiger partial charge in [0, 0.05) is 27.8 Å². The third-order valence-corrected chi connectivity index (χ3v) is 11.3. The van der Waals surface area contributed by atoms with Crippen LogP contribution in [0, 0.1) is 11.3 Å². The van der Waals surface area contributed by atoms with E-state index in [1.165, 1.54) is 27.6 Å². The fourth-order valence-electron chi connectivity index (χ4n) is 8.80. The summed E-state index contributed by atoms with van der Waals surface area (Å²) in [5.74, 6) is 3.15. The third kappa shape index (κ3) is 4.70. The SMILES string of the molecule is N#Cc1ccc(-c2nc(-c3ccc4c(c3)Oc3ccccc3C4(c3ccccc3)c3ccccc3)nc(-c3ccc4c5c(cccc35)-c3ccccc3-4)n2)cc1. The molecule has 5 nitrogen and oxygen atoms in total. The van der Waals surface area contributed by atoms with Crippen LogP contribution < -0.4 is 4.74 Å². The molecule has 0 saturated carbocycles. The normalized spacial score (nSPS) is 12.9. The second-order valence-corrected chi connectivity index (χ2v) is 14.2. The minimum absolute atomic E-state index is 0.521. The lowest BCUT2D eigenvalue weighted by Gasteiger charge is -2.41. The topological polar surface area (TPSA) is 71.7 Å². The number of ether oxygens (including phenoxy) is 1. The van der Waals surface area contributed by atoms with Gasteiger partial charge >= 0.3 is 0 Å². The van der Waals surface area contributed by atoms with Crippen molar-refractivity contribution in [1.82, 2.24) is 15.0 Å². The first kappa shape index (κ1) is 31.8. The number of rotatable bonds is 5. The molecule has 0 amide bonds. The fourth-order valence-corrected chi connectivity index (χ4v) is 8.80. The lowest BCUT2D eigenvalue weighted by atomic mass is 9.63. The van der Waals surface area contributed by atoms with Gasteiger partial charge in [-0.3, -0.25) is 0 Å². The fraction of sp³-hybridized carbons (Fsp3) is 0.0196. The third-order valence-electron chi connectivity index (χ3n) is 11.3. The first-order chi connectivity index (χ1) is 27.7. The van der Waals surface area contributed by atoms with Crippen LogP contribution in [0.15, 0.2) is 182 Å². The van der Waals surface area contributed by atoms with Crippen LogP contribution in [-0.2, 0) is 5.41 Å². The van der Waals surface area contributed by atoms with Gasteiger partial charge in [-0.1, -0.05) is 140 Å². The van der Waals surface area contributed by atoms with Gasteiger partial charge in [0.05, 0.1) is 17.0 Å². The summed E-state index contributed by atoms with van der Waals surface area (Å²) in [5, 5.41) is 11.8. The predicted molar refractivity (Wildman–Crippen MR) is 221 cm³/mol. The zero-order chi connectivity index (χ0) is 37.2. The standard InChI is InChI=1S/C51H30N4O/c52-31-32-22-24-33(25-23-32)48-53-49(55-50(54-48)42-28-27-41-38-17-8-7-16-37(38)39-18-11-19-40(42)47(39)41)34-26-29-44-46(30-34)56-45-21-10-9-20-43(45)51(44,35-12-3-1-4-13-35)36-14-5-2-6-15-36/h1-30H. The minimum Gasteiger partial charge on any atom is -0.457 e. The number of aromatic nitrogens is 3. The molecule has 0 N–H and O–H groups in total. The first-order valence-corrected chi connectivity index (χ1v) is 18.7. The zero-order valence-electron chi connectivity index (χ0n) is 30.0. The Kier molecular flexibility index (Phi) is 7.07. The highest BCUT2D eigenvalue weighted by Crippen LogP contribution is 2.56. The van der Waals surface area contributed by atoms with E-state index in [1.807, 2.05) is 24.3 Å². The number of fused-ring (bicyclic) bond motifs is 5. The van der Waals surface area contributed by atoms with Gasteiger partial charge < -0.3 is 4.74 Å². The highest BCUT2D eigenvalue weighted by Gasteiger charge is 2.45. The molecule has 0 unspecified atom stereocenters. The molecule has 1 aliphatic carbocycles. The van der Waals surface area contributed by atoms with Crippen molar-refractivity contribution in [2.24, 2.45) is 0 Å². The van der Waals surface area contributed by atoms with Crippen molar-refractivity contribution >= 4 is 10.8 Å². The van der Waals surface area contributed by atoms with E-state index in [2.05, 4.69) is 152 Å². The highest BCUT2D eigenvalue weighted by atomic mass is 16.5. The van der Waals surface area contributed by atoms with E-state index in [1.54, 1.807) is 12.1 Å². The molecule has 1 aliphatic heterocycles. The number of hydrogen-bond donors (Lipinski definition) is 0. The summed E-state index contributed by atoms with van der Waals surface area (Å²) in [6.07, 6.45) is 0. The number of nitriles is 1. The molecule has 0 atom stereocenters. The lowest BCUT2D eigenvalue weighted by molar-refractivity contribution is 0.434. The molecule has 0 saturated heterocycles. The maximum Gasteiger partial charge on any atom is 0.164 e. The smallest absolute Gasteiger partial charge is 0.164 e. The van der Waals surface area contributed by atoms with Gasteiger partial charge in [-0.2, -0.15) is 5.26 Å². The van der Waals surface area contributed by atoms with Gasteiger partial charge in [0.25, 0.3) is 0 Å². The average Bonchev–Trinajstić information content (AvgIpc) is 3.60. The number of benzene rings is 8. The Morgan fingerprint density at radius 3 is 1.70 bits per heavy atom. The van der Waals surface area contributed by atoms with Crippen molar-refractivity contribution in [3.05, 3.63) is 210 Å². The van der Waals surface area contributed by atoms with Crippen LogP contribution in [0.1, 0.15) is 27.8 Å². The van der Waals surface area contributed by atoms with Gasteiger partial charge in [0.15, 0.2) is 17.5 Å². The van der Waals surface area contributed by atoms with Crippen LogP contribution in [0.5, 0.6) is 11.5 Å². The molecule has 9 aromatic rings. The zero-order valence-corrected chi connectivity index (χ0v) is 30.0. The minimum atomic E-state index is -0.634. The van der Waals surface area contributed by atoms with Crippen LogP contribution in [0.4, 0.5) is 0 Å². The maximum atomic E-state index is 9.54. The molecule has 8 aromatic carbocycles. The summed E-state index contributed by atoms with van der Waals surface area (Å²) in [6.45, 7) is 0. The lowest BCUT2D eigenvalue weighted by Crippen LogP contribution is -2.34. The van der Waals surface area contributed by atoms with Crippen LogP contribution in [-0.4, -0.2) is 15.0 Å². The second kappa shape index (κ2) is 12.4. The van der Waals surface area contributed by atoms with Gasteiger partial charge in [0.1, 0.15) is 11.5 Å². The summed E-state index contributed by atoms with van der Waals surface area (Å²) >= 11 is 0. The van der Waals surface area contributed by atoms with Crippen LogP contribution in [0.25, 0.3) is 67.2 Å². The van der Waals surface area contributed by atoms with E-state index in [0.717, 1.165) is 55.8 Å². The molecule has 0 bridgehead atoms. The molecule has 0 fully saturated rings. The molecule has 2 aliphatic rings. The average molecular weight is 715 g/mol. The largest absolute Gasteiger partial charge is 0.457 e. The number of para-hydroxylation sites is 1. The summed E-state index contributed by atoms with van der Waals surface area (Å²) in [5.41, 5.74) is 11.8. The van der Waals surface area contributed by atoms with E-state index in [4.69, 9.17) is 19.7 Å². The Morgan fingerprint density at radius 1 is 0.429 bits per heavy atom. The summed E-state index contributed by atoms with van der Waals surface area (Å²) in [6, 6.07) is 64.9. The van der Waals surface area contributed by atoms with Crippen molar-refractivity contribution in [2.75, 3.05) is 0 Å². The van der Waals surface area contributed by atoms with Crippen LogP contribution in [0.2, 0.25) is 0 Å². The van der Waals surface area contributed by atoms with E-state index in [9.17, 15) is 5.26 Å². The molecular weight excluding hydrogens is 685 g/mol. The summed E-state index contributed by atoms with van der Waals surface area (Å²) in [4.78, 5) is 15.4. The van der Waals surface area contributed by atoms with Crippen molar-refractivity contribution in [3.63, 3.8) is 0 Å². The van der Waals surface area contributed by atoms with Gasteiger partial charge in [-0.25, -0.2) is 15.0 Å². The number of hydrogen-bond acceptors (Lipinski definition) is 5. The van der Waals surface area contributed by atoms with Crippen LogP contribution in [0.3, 0.4) is 0 Å². The maximum absolute atomic E-state index is 9.54. The Labute approximate surface area is 323 Å². The molecule has 56 heavy (non-hydrogen) atoms. The van der Waals surface area contributed by atoms with E-state index >= 15 is 0 Å². The summed E-state index contributed by atoms with van der Waals surface area (Å²) < 4.78 is 6.81. The van der Waals surface area contributed by atoms with Crippen LogP contribution >= 0.6 is 0 Å². The molecule has 0 spiro atoms. The van der Waals surface area contributed by atoms with Crippen molar-refractivity contribution in [3.8, 4) is 74.0 Å². The first-order valence-electron chi connectivity index (χ1n) is 18.7. The quantitative estimate of drug-likeness (QED) is 0.177. The molecule has 11 rings (SSSR count). The molecular formula is C51H30N4O. The van der Waals surface area contributed by atoms with Gasteiger partial charge in [-0.15, -0.1) is 0 Å². The van der Waals surface area contributed by atoms with Crippen molar-refractivity contribution in [1.29, 1.82) is 5.26 Å². The predicted octanol–water partition coefficient (Wildman–Crippen LogP) is 12.0. The van der Waals surface area contributed by atoms with Crippen molar-refractivity contribution < 1.29 is 4.74 Å². The van der Waals surface area contributed by atoms with E-state index in [-0.39, 0.29) is 0 Å². The van der Waals surface area contributed by atoms with Gasteiger partial charge in [-0.05, 0) is 86.6 Å². The van der Waals surface area contributed by atoms with E-state index < -0.39 is 5.41 Å². The molecule has 5 heteroatoms. The Bertz CT molecular complexity index is 2990. The Morgan fingerprint density at radius 2 is 0.982 bits per heavy atom. The Hall–Kier alpha value is -7.68. The molecule has 2 heterocycles. The van der Waals surface area contributed by atoms with Gasteiger partial charge in [0.2, 0.25) is 0 Å². The highest BCUT2D eigenvalue weighted by molar-refractivity contribution is 6.18. The monoisotopic (exact) mass is 714 g/mol. The molecule has 1 aromatic heterocycles.